The van der Waals surface area contributed by atoms with Crippen LogP contribution < -0.4 is 20.1 Å². The molecule has 0 bridgehead atoms. The molecule has 0 radical (unpaired) electrons. The number of hydrogen-bond acceptors (Lipinski definition) is 5. The second-order valence-corrected chi connectivity index (χ2v) is 7.76. The third kappa shape index (κ3) is 5.95. The molecule has 0 aliphatic rings. The first kappa shape index (κ1) is 24.2. The maximum absolute atomic E-state index is 12.9. The predicted molar refractivity (Wildman–Crippen MR) is 138 cm³/mol. The van der Waals surface area contributed by atoms with Crippen molar-refractivity contribution in [3.05, 3.63) is 120 Å². The van der Waals surface area contributed by atoms with Crippen LogP contribution >= 0.6 is 0 Å². The van der Waals surface area contributed by atoms with Gasteiger partial charge in [0.15, 0.2) is 12.4 Å². The van der Waals surface area contributed by atoms with Crippen molar-refractivity contribution in [3.8, 4) is 11.5 Å². The molecule has 180 valence electrons. The fraction of sp³-hybridized carbons (Fsp3) is 0.0690. The van der Waals surface area contributed by atoms with Gasteiger partial charge in [-0.2, -0.15) is 0 Å². The highest BCUT2D eigenvalue weighted by Gasteiger charge is 2.15. The van der Waals surface area contributed by atoms with E-state index in [1.54, 1.807) is 84.9 Å². The number of anilines is 2. The molecule has 4 rings (SSSR count). The van der Waals surface area contributed by atoms with Crippen molar-refractivity contribution in [2.75, 3.05) is 24.4 Å². The molecule has 7 nitrogen and oxygen atoms in total. The number of nitrogens with one attached hydrogen (secondary N) is 2. The molecule has 0 atom stereocenters. The predicted octanol–water partition coefficient (Wildman–Crippen LogP) is 5.20. The number of amides is 2. The Labute approximate surface area is 208 Å². The second-order valence-electron chi connectivity index (χ2n) is 7.76. The molecule has 0 saturated carbocycles. The molecule has 0 aromatic heterocycles. The molecule has 0 saturated heterocycles. The molecule has 0 spiro atoms. The summed E-state index contributed by atoms with van der Waals surface area (Å²) in [6.07, 6.45) is 0. The highest BCUT2D eigenvalue weighted by Crippen LogP contribution is 2.25. The third-order valence-corrected chi connectivity index (χ3v) is 5.32. The Balaban J connectivity index is 1.36. The molecule has 2 amide bonds. The lowest BCUT2D eigenvalue weighted by Gasteiger charge is -2.13. The number of ether oxygens (including phenoxy) is 2. The van der Waals surface area contributed by atoms with Crippen molar-refractivity contribution in [1.82, 2.24) is 0 Å². The average Bonchev–Trinajstić information content (AvgIpc) is 2.93. The zero-order valence-electron chi connectivity index (χ0n) is 19.6. The lowest BCUT2D eigenvalue weighted by atomic mass is 10.0. The smallest absolute Gasteiger partial charge is 0.262 e. The van der Waals surface area contributed by atoms with Crippen molar-refractivity contribution < 1.29 is 23.9 Å². The van der Waals surface area contributed by atoms with Gasteiger partial charge in [-0.15, -0.1) is 0 Å². The Kier molecular flexibility index (Phi) is 7.73. The van der Waals surface area contributed by atoms with E-state index in [4.69, 9.17) is 9.47 Å². The van der Waals surface area contributed by atoms with E-state index in [9.17, 15) is 14.4 Å². The number of methoxy groups -OCH3 is 1. The Morgan fingerprint density at radius 2 is 1.28 bits per heavy atom. The minimum absolute atomic E-state index is 0.0945. The summed E-state index contributed by atoms with van der Waals surface area (Å²) < 4.78 is 10.8. The van der Waals surface area contributed by atoms with Gasteiger partial charge < -0.3 is 20.1 Å². The van der Waals surface area contributed by atoms with E-state index < -0.39 is 11.8 Å². The molecule has 7 heteroatoms. The largest absolute Gasteiger partial charge is 0.495 e. The molecule has 0 heterocycles. The summed E-state index contributed by atoms with van der Waals surface area (Å²) in [6.45, 7) is -0.269. The van der Waals surface area contributed by atoms with E-state index in [-0.39, 0.29) is 12.4 Å². The summed E-state index contributed by atoms with van der Waals surface area (Å²) >= 11 is 0. The zero-order chi connectivity index (χ0) is 25.3. The number of ketones is 1. The van der Waals surface area contributed by atoms with Crippen molar-refractivity contribution in [2.24, 2.45) is 0 Å². The third-order valence-electron chi connectivity index (χ3n) is 5.32. The Morgan fingerprint density at radius 3 is 2.00 bits per heavy atom. The topological polar surface area (TPSA) is 93.7 Å². The van der Waals surface area contributed by atoms with Gasteiger partial charge in [-0.05, 0) is 48.5 Å². The van der Waals surface area contributed by atoms with Crippen LogP contribution in [0.4, 0.5) is 11.4 Å². The van der Waals surface area contributed by atoms with Crippen molar-refractivity contribution in [1.29, 1.82) is 0 Å². The van der Waals surface area contributed by atoms with E-state index in [1.165, 1.54) is 7.11 Å². The minimum Gasteiger partial charge on any atom is -0.495 e. The van der Waals surface area contributed by atoms with Crippen molar-refractivity contribution in [2.45, 2.75) is 0 Å². The van der Waals surface area contributed by atoms with E-state index in [2.05, 4.69) is 10.6 Å². The van der Waals surface area contributed by atoms with Gasteiger partial charge in [0.2, 0.25) is 0 Å². The molecule has 0 aliphatic carbocycles. The molecule has 0 aliphatic heterocycles. The van der Waals surface area contributed by atoms with Crippen LogP contribution in [-0.4, -0.2) is 31.3 Å². The van der Waals surface area contributed by atoms with Gasteiger partial charge >= 0.3 is 0 Å². The average molecular weight is 481 g/mol. The van der Waals surface area contributed by atoms with Gasteiger partial charge in [0.05, 0.1) is 24.0 Å². The van der Waals surface area contributed by atoms with Crippen LogP contribution in [0.15, 0.2) is 103 Å². The summed E-state index contributed by atoms with van der Waals surface area (Å²) in [7, 11) is 1.52. The zero-order valence-corrected chi connectivity index (χ0v) is 19.6. The van der Waals surface area contributed by atoms with Crippen LogP contribution in [0.1, 0.15) is 26.3 Å². The van der Waals surface area contributed by atoms with Crippen LogP contribution in [0.3, 0.4) is 0 Å². The van der Waals surface area contributed by atoms with Crippen LogP contribution in [0.5, 0.6) is 11.5 Å². The number of hydrogen-bond donors (Lipinski definition) is 2. The Bertz CT molecular complexity index is 1370. The number of benzene rings is 4. The highest BCUT2D eigenvalue weighted by molar-refractivity contribution is 6.11. The number of rotatable bonds is 9. The highest BCUT2D eigenvalue weighted by atomic mass is 16.5. The monoisotopic (exact) mass is 480 g/mol. The first-order chi connectivity index (χ1) is 17.5. The molecular formula is C29H24N2O5. The maximum atomic E-state index is 12.9. The van der Waals surface area contributed by atoms with E-state index >= 15 is 0 Å². The molecular weight excluding hydrogens is 456 g/mol. The van der Waals surface area contributed by atoms with E-state index in [0.29, 0.717) is 39.6 Å². The molecule has 4 aromatic carbocycles. The maximum Gasteiger partial charge on any atom is 0.262 e. The summed E-state index contributed by atoms with van der Waals surface area (Å²) in [6, 6.07) is 29.3. The Morgan fingerprint density at radius 1 is 0.667 bits per heavy atom. The van der Waals surface area contributed by atoms with E-state index in [0.717, 1.165) is 0 Å². The van der Waals surface area contributed by atoms with Crippen molar-refractivity contribution in [3.63, 3.8) is 0 Å². The first-order valence-electron chi connectivity index (χ1n) is 11.2. The van der Waals surface area contributed by atoms with Crippen LogP contribution in [0.2, 0.25) is 0 Å². The molecule has 36 heavy (non-hydrogen) atoms. The number of carbonyl (C=O) groups excluding carboxylic acids is 3. The van der Waals surface area contributed by atoms with Gasteiger partial charge in [-0.1, -0.05) is 54.6 Å². The Hall–Kier alpha value is -4.91. The fourth-order valence-corrected chi connectivity index (χ4v) is 3.52. The summed E-state index contributed by atoms with van der Waals surface area (Å²) in [5.74, 6) is 0.0455. The standard InChI is InChI=1S/C29H24N2O5/c1-35-26-14-8-7-13-25(26)31-29(34)23-11-5-6-12-24(23)30-27(32)19-36-22-17-15-21(16-18-22)28(33)20-9-3-2-4-10-20/h2-18H,19H2,1H3,(H,30,32)(H,31,34). The van der Waals surface area contributed by atoms with E-state index in [1.807, 2.05) is 18.2 Å². The van der Waals surface area contributed by atoms with Crippen LogP contribution in [0, 0.1) is 0 Å². The summed E-state index contributed by atoms with van der Waals surface area (Å²) in [5.41, 5.74) is 2.28. The van der Waals surface area contributed by atoms with Gasteiger partial charge in [0.1, 0.15) is 11.5 Å². The second kappa shape index (κ2) is 11.5. The van der Waals surface area contributed by atoms with Gasteiger partial charge in [0, 0.05) is 11.1 Å². The molecule has 0 fully saturated rings. The number of carbonyl (C=O) groups is 3. The van der Waals surface area contributed by atoms with Gasteiger partial charge in [-0.3, -0.25) is 14.4 Å². The number of para-hydroxylation sites is 3. The van der Waals surface area contributed by atoms with Crippen molar-refractivity contribution >= 4 is 29.0 Å². The van der Waals surface area contributed by atoms with Gasteiger partial charge in [0.25, 0.3) is 11.8 Å². The van der Waals surface area contributed by atoms with Crippen LogP contribution in [0.25, 0.3) is 0 Å². The summed E-state index contributed by atoms with van der Waals surface area (Å²) in [4.78, 5) is 37.9. The SMILES string of the molecule is COc1ccccc1NC(=O)c1ccccc1NC(=O)COc1ccc(C(=O)c2ccccc2)cc1. The lowest BCUT2D eigenvalue weighted by molar-refractivity contribution is -0.118. The summed E-state index contributed by atoms with van der Waals surface area (Å²) in [5, 5.41) is 5.52. The molecule has 4 aromatic rings. The minimum atomic E-state index is -0.433. The molecule has 0 unspecified atom stereocenters. The molecule has 2 N–H and O–H groups in total. The quantitative estimate of drug-likeness (QED) is 0.321. The van der Waals surface area contributed by atoms with Gasteiger partial charge in [-0.25, -0.2) is 0 Å². The lowest BCUT2D eigenvalue weighted by Crippen LogP contribution is -2.23. The fourth-order valence-electron chi connectivity index (χ4n) is 3.52. The first-order valence-corrected chi connectivity index (χ1v) is 11.2. The normalized spacial score (nSPS) is 10.2. The van der Waals surface area contributed by atoms with Crippen LogP contribution in [-0.2, 0) is 4.79 Å².